The maximum absolute atomic E-state index is 12.2. The standard InChI is InChI=1S/C20H31N3O2/c1-4-6-7-15(5-2)13-21-20(25)23-18-12-17(11-8-14(18)3)22-19(24)16-9-10-16/h8,11-12,15-16H,4-7,9-10,13H2,1-3H3,(H,22,24)(H2,21,23,25). The molecule has 0 aromatic heterocycles. The maximum Gasteiger partial charge on any atom is 0.319 e. The molecule has 0 heterocycles. The van der Waals surface area contributed by atoms with Gasteiger partial charge in [-0.2, -0.15) is 0 Å². The predicted molar refractivity (Wildman–Crippen MR) is 103 cm³/mol. The van der Waals surface area contributed by atoms with E-state index in [1.807, 2.05) is 25.1 Å². The smallest absolute Gasteiger partial charge is 0.319 e. The molecule has 3 amide bonds. The van der Waals surface area contributed by atoms with Gasteiger partial charge in [-0.3, -0.25) is 4.79 Å². The van der Waals surface area contributed by atoms with Gasteiger partial charge in [0.05, 0.1) is 0 Å². The molecule has 1 aromatic rings. The van der Waals surface area contributed by atoms with E-state index in [-0.39, 0.29) is 17.9 Å². The second-order valence-electron chi connectivity index (χ2n) is 7.04. The van der Waals surface area contributed by atoms with E-state index >= 15 is 0 Å². The zero-order valence-electron chi connectivity index (χ0n) is 15.7. The van der Waals surface area contributed by atoms with Crippen LogP contribution in [0.5, 0.6) is 0 Å². The van der Waals surface area contributed by atoms with Crippen LogP contribution in [0.15, 0.2) is 18.2 Å². The first kappa shape index (κ1) is 19.3. The summed E-state index contributed by atoms with van der Waals surface area (Å²) in [6, 6.07) is 5.41. The number of carbonyl (C=O) groups is 2. The molecule has 2 rings (SSSR count). The average Bonchev–Trinajstić information content (AvgIpc) is 3.43. The van der Waals surface area contributed by atoms with Crippen LogP contribution in [-0.2, 0) is 4.79 Å². The fraction of sp³-hybridized carbons (Fsp3) is 0.600. The topological polar surface area (TPSA) is 70.2 Å². The molecule has 1 aliphatic carbocycles. The van der Waals surface area contributed by atoms with Gasteiger partial charge in [0.1, 0.15) is 0 Å². The third kappa shape index (κ3) is 6.40. The quantitative estimate of drug-likeness (QED) is 0.608. The zero-order valence-corrected chi connectivity index (χ0v) is 15.7. The molecule has 1 fully saturated rings. The Bertz CT molecular complexity index is 597. The minimum absolute atomic E-state index is 0.0703. The third-order valence-corrected chi connectivity index (χ3v) is 4.80. The summed E-state index contributed by atoms with van der Waals surface area (Å²) in [4.78, 5) is 24.1. The molecule has 3 N–H and O–H groups in total. The van der Waals surface area contributed by atoms with Crippen LogP contribution in [0.3, 0.4) is 0 Å². The van der Waals surface area contributed by atoms with E-state index in [1.54, 1.807) is 0 Å². The summed E-state index contributed by atoms with van der Waals surface area (Å²) in [5.74, 6) is 0.757. The molecule has 1 saturated carbocycles. The number of hydrogen-bond acceptors (Lipinski definition) is 2. The Kier molecular flexibility index (Phi) is 7.29. The molecule has 1 atom stereocenters. The van der Waals surface area contributed by atoms with E-state index < -0.39 is 0 Å². The molecule has 0 bridgehead atoms. The fourth-order valence-corrected chi connectivity index (χ4v) is 2.77. The first-order chi connectivity index (χ1) is 12.0. The lowest BCUT2D eigenvalue weighted by Crippen LogP contribution is -2.33. The molecule has 5 nitrogen and oxygen atoms in total. The van der Waals surface area contributed by atoms with E-state index in [4.69, 9.17) is 0 Å². The van der Waals surface area contributed by atoms with Crippen LogP contribution in [0.25, 0.3) is 0 Å². The minimum Gasteiger partial charge on any atom is -0.338 e. The SMILES string of the molecule is CCCCC(CC)CNC(=O)Nc1cc(NC(=O)C2CC2)ccc1C. The van der Waals surface area contributed by atoms with Crippen molar-refractivity contribution in [2.45, 2.75) is 59.3 Å². The highest BCUT2D eigenvalue weighted by atomic mass is 16.2. The van der Waals surface area contributed by atoms with Gasteiger partial charge in [0.2, 0.25) is 5.91 Å². The monoisotopic (exact) mass is 345 g/mol. The van der Waals surface area contributed by atoms with E-state index in [0.29, 0.717) is 12.5 Å². The largest absolute Gasteiger partial charge is 0.338 e. The van der Waals surface area contributed by atoms with Crippen LogP contribution in [0.4, 0.5) is 16.2 Å². The Morgan fingerprint density at radius 3 is 2.60 bits per heavy atom. The Balaban J connectivity index is 1.87. The van der Waals surface area contributed by atoms with Crippen LogP contribution in [0.2, 0.25) is 0 Å². The Labute approximate surface area is 151 Å². The molecule has 1 aliphatic rings. The summed E-state index contributed by atoms with van der Waals surface area (Å²) in [6.07, 6.45) is 6.55. The molecule has 0 spiro atoms. The van der Waals surface area contributed by atoms with Gasteiger partial charge >= 0.3 is 6.03 Å². The van der Waals surface area contributed by atoms with E-state index in [9.17, 15) is 9.59 Å². The van der Waals surface area contributed by atoms with Gasteiger partial charge in [-0.05, 0) is 49.8 Å². The van der Waals surface area contributed by atoms with E-state index in [2.05, 4.69) is 29.8 Å². The molecule has 25 heavy (non-hydrogen) atoms. The predicted octanol–water partition coefficient (Wildman–Crippen LogP) is 4.68. The summed E-state index contributed by atoms with van der Waals surface area (Å²) < 4.78 is 0. The normalized spacial score (nSPS) is 14.7. The number of benzene rings is 1. The Hall–Kier alpha value is -2.04. The van der Waals surface area contributed by atoms with Crippen molar-refractivity contribution in [2.24, 2.45) is 11.8 Å². The van der Waals surface area contributed by atoms with Crippen LogP contribution >= 0.6 is 0 Å². The van der Waals surface area contributed by atoms with Gasteiger partial charge in [0, 0.05) is 23.8 Å². The second kappa shape index (κ2) is 9.44. The molecular formula is C20H31N3O2. The summed E-state index contributed by atoms with van der Waals surface area (Å²) in [7, 11) is 0. The van der Waals surface area contributed by atoms with Gasteiger partial charge in [-0.15, -0.1) is 0 Å². The zero-order chi connectivity index (χ0) is 18.2. The van der Waals surface area contributed by atoms with Gasteiger partial charge in [-0.1, -0.05) is 39.2 Å². The third-order valence-electron chi connectivity index (χ3n) is 4.80. The first-order valence-electron chi connectivity index (χ1n) is 9.49. The van der Waals surface area contributed by atoms with E-state index in [0.717, 1.165) is 42.6 Å². The Morgan fingerprint density at radius 2 is 1.96 bits per heavy atom. The summed E-state index contributed by atoms with van der Waals surface area (Å²) in [5, 5.41) is 8.79. The fourth-order valence-electron chi connectivity index (χ4n) is 2.77. The molecule has 138 valence electrons. The van der Waals surface area contributed by atoms with Crippen molar-refractivity contribution in [1.29, 1.82) is 0 Å². The number of hydrogen-bond donors (Lipinski definition) is 3. The van der Waals surface area contributed by atoms with Crippen molar-refractivity contribution < 1.29 is 9.59 Å². The summed E-state index contributed by atoms with van der Waals surface area (Å²) in [6.45, 7) is 6.98. The molecule has 1 aromatic carbocycles. The van der Waals surface area contributed by atoms with Gasteiger partial charge in [-0.25, -0.2) is 4.79 Å². The number of urea groups is 1. The lowest BCUT2D eigenvalue weighted by Gasteiger charge is -2.16. The highest BCUT2D eigenvalue weighted by molar-refractivity contribution is 5.96. The lowest BCUT2D eigenvalue weighted by atomic mass is 9.99. The number of carbonyl (C=O) groups excluding carboxylic acids is 2. The van der Waals surface area contributed by atoms with Crippen molar-refractivity contribution in [1.82, 2.24) is 5.32 Å². The number of unbranched alkanes of at least 4 members (excludes halogenated alkanes) is 1. The molecule has 0 saturated heterocycles. The van der Waals surface area contributed by atoms with Crippen molar-refractivity contribution in [3.05, 3.63) is 23.8 Å². The molecular weight excluding hydrogens is 314 g/mol. The van der Waals surface area contributed by atoms with E-state index in [1.165, 1.54) is 12.8 Å². The van der Waals surface area contributed by atoms with Crippen LogP contribution in [0, 0.1) is 18.8 Å². The highest BCUT2D eigenvalue weighted by Gasteiger charge is 2.29. The number of rotatable bonds is 9. The summed E-state index contributed by atoms with van der Waals surface area (Å²) >= 11 is 0. The number of amides is 3. The maximum atomic E-state index is 12.2. The second-order valence-corrected chi connectivity index (χ2v) is 7.04. The minimum atomic E-state index is -0.191. The molecule has 0 radical (unpaired) electrons. The van der Waals surface area contributed by atoms with Crippen molar-refractivity contribution in [3.8, 4) is 0 Å². The van der Waals surface area contributed by atoms with Crippen molar-refractivity contribution in [3.63, 3.8) is 0 Å². The summed E-state index contributed by atoms with van der Waals surface area (Å²) in [5.41, 5.74) is 2.43. The van der Waals surface area contributed by atoms with Crippen LogP contribution in [0.1, 0.15) is 57.9 Å². The highest BCUT2D eigenvalue weighted by Crippen LogP contribution is 2.30. The Morgan fingerprint density at radius 1 is 1.20 bits per heavy atom. The average molecular weight is 345 g/mol. The van der Waals surface area contributed by atoms with Crippen molar-refractivity contribution in [2.75, 3.05) is 17.2 Å². The lowest BCUT2D eigenvalue weighted by molar-refractivity contribution is -0.117. The van der Waals surface area contributed by atoms with Crippen molar-refractivity contribution >= 4 is 23.3 Å². The molecule has 1 unspecified atom stereocenters. The number of anilines is 2. The molecule has 0 aliphatic heterocycles. The number of aryl methyl sites for hydroxylation is 1. The number of nitrogens with one attached hydrogen (secondary N) is 3. The van der Waals surface area contributed by atoms with Gasteiger partial charge in [0.25, 0.3) is 0 Å². The first-order valence-corrected chi connectivity index (χ1v) is 9.49. The van der Waals surface area contributed by atoms with Crippen LogP contribution in [-0.4, -0.2) is 18.5 Å². The van der Waals surface area contributed by atoms with Gasteiger partial charge in [0.15, 0.2) is 0 Å². The van der Waals surface area contributed by atoms with Crippen LogP contribution < -0.4 is 16.0 Å². The molecule has 5 heteroatoms. The van der Waals surface area contributed by atoms with Gasteiger partial charge < -0.3 is 16.0 Å².